The quantitative estimate of drug-likeness (QED) is 0.191. The highest BCUT2D eigenvalue weighted by atomic mass is 127. The monoisotopic (exact) mass is 831 g/mol. The van der Waals surface area contributed by atoms with Gasteiger partial charge in [-0.15, -0.1) is 0 Å². The first kappa shape index (κ1) is 29.9. The highest BCUT2D eigenvalue weighted by Gasteiger charge is 2.25. The number of nitrogens with one attached hydrogen (secondary N) is 1. The van der Waals surface area contributed by atoms with Crippen LogP contribution in [0.5, 0.6) is 5.75 Å². The van der Waals surface area contributed by atoms with Crippen LogP contribution in [0.2, 0.25) is 0 Å². The average Bonchev–Trinajstić information content (AvgIpc) is 2.81. The van der Waals surface area contributed by atoms with Crippen LogP contribution in [0.4, 0.5) is 10.5 Å². The van der Waals surface area contributed by atoms with Crippen LogP contribution in [-0.2, 0) is 16.0 Å². The molecule has 0 saturated carbocycles. The van der Waals surface area contributed by atoms with Crippen LogP contribution >= 0.6 is 67.8 Å². The molecule has 0 bridgehead atoms. The van der Waals surface area contributed by atoms with Gasteiger partial charge in [0.25, 0.3) is 0 Å². The second kappa shape index (κ2) is 13.4. The fourth-order valence-corrected chi connectivity index (χ4v) is 8.33. The number of piperidine rings is 1. The van der Waals surface area contributed by atoms with Gasteiger partial charge < -0.3 is 14.8 Å². The number of amides is 1. The van der Waals surface area contributed by atoms with Crippen LogP contribution in [0, 0.1) is 16.6 Å². The largest absolute Gasteiger partial charge is 0.444 e. The molecule has 1 aliphatic rings. The third-order valence-electron chi connectivity index (χ3n) is 6.18. The Hall–Kier alpha value is -0.670. The van der Waals surface area contributed by atoms with Crippen molar-refractivity contribution in [1.82, 2.24) is 0 Å². The standard InChI is InChI=1S/C27H33I3N2O4/c1-5-16(25(33)35-19-8-6-17(7-9-19)18-10-12-31-13-11-18)14-20-21(28)15-22(29)24(23(20)30)32-26(34)36-27(2,3)4/h6-9,15-16,18,31H,5,10-14H2,1-4H3,(H,32,34)/p+1. The van der Waals surface area contributed by atoms with Crippen LogP contribution in [0.25, 0.3) is 0 Å². The third kappa shape index (κ3) is 8.42. The van der Waals surface area contributed by atoms with Gasteiger partial charge in [-0.25, -0.2) is 4.79 Å². The van der Waals surface area contributed by atoms with Crippen LogP contribution < -0.4 is 15.4 Å². The lowest BCUT2D eigenvalue weighted by molar-refractivity contribution is -0.663. The number of rotatable bonds is 7. The molecule has 1 aliphatic heterocycles. The lowest BCUT2D eigenvalue weighted by Gasteiger charge is -2.22. The molecular formula is C27H34I3N2O4+. The van der Waals surface area contributed by atoms with E-state index in [2.05, 4.69) is 90.5 Å². The maximum Gasteiger partial charge on any atom is 0.412 e. The van der Waals surface area contributed by atoms with Gasteiger partial charge in [0.1, 0.15) is 11.4 Å². The first-order valence-corrected chi connectivity index (χ1v) is 15.5. The highest BCUT2D eigenvalue weighted by Crippen LogP contribution is 2.34. The van der Waals surface area contributed by atoms with E-state index in [-0.39, 0.29) is 11.9 Å². The van der Waals surface area contributed by atoms with Crippen LogP contribution in [-0.4, -0.2) is 30.8 Å². The SMILES string of the molecule is CCC(Cc1c(I)cc(I)c(NC(=O)OC(C)(C)C)c1I)C(=O)Oc1ccc(C2CC[NH2+]CC2)cc1. The Morgan fingerprint density at radius 2 is 1.72 bits per heavy atom. The molecule has 1 amide bonds. The molecule has 0 aromatic heterocycles. The fourth-order valence-electron chi connectivity index (χ4n) is 4.25. The summed E-state index contributed by atoms with van der Waals surface area (Å²) < 4.78 is 14.1. The molecule has 2 aromatic carbocycles. The van der Waals surface area contributed by atoms with Gasteiger partial charge in [-0.3, -0.25) is 10.1 Å². The Bertz CT molecular complexity index is 1080. The molecule has 0 aliphatic carbocycles. The van der Waals surface area contributed by atoms with Crippen LogP contribution in [0.1, 0.15) is 64.0 Å². The van der Waals surface area contributed by atoms with E-state index in [1.54, 1.807) is 0 Å². The van der Waals surface area contributed by atoms with Crippen LogP contribution in [0.15, 0.2) is 30.3 Å². The molecule has 6 nitrogen and oxygen atoms in total. The zero-order chi connectivity index (χ0) is 26.5. The van der Waals surface area contributed by atoms with Gasteiger partial charge in [0.2, 0.25) is 0 Å². The van der Waals surface area contributed by atoms with E-state index in [9.17, 15) is 9.59 Å². The summed E-state index contributed by atoms with van der Waals surface area (Å²) in [6, 6.07) is 10.0. The molecule has 1 saturated heterocycles. The maximum atomic E-state index is 13.1. The minimum atomic E-state index is -0.586. The molecule has 3 N–H and O–H groups in total. The summed E-state index contributed by atoms with van der Waals surface area (Å²) in [6.07, 6.45) is 3.07. The van der Waals surface area contributed by atoms with Crippen molar-refractivity contribution in [1.29, 1.82) is 0 Å². The first-order chi connectivity index (χ1) is 17.0. The molecule has 2 aromatic rings. The minimum absolute atomic E-state index is 0.232. The Morgan fingerprint density at radius 1 is 1.08 bits per heavy atom. The third-order valence-corrected chi connectivity index (χ3v) is 9.18. The highest BCUT2D eigenvalue weighted by molar-refractivity contribution is 14.1. The molecule has 1 fully saturated rings. The molecule has 1 heterocycles. The number of hydrogen-bond donors (Lipinski definition) is 2. The summed E-state index contributed by atoms with van der Waals surface area (Å²) in [5.41, 5.74) is 2.47. The molecule has 1 atom stereocenters. The Kier molecular flexibility index (Phi) is 11.1. The molecule has 9 heteroatoms. The number of nitrogens with two attached hydrogens (primary N) is 1. The smallest absolute Gasteiger partial charge is 0.412 e. The minimum Gasteiger partial charge on any atom is -0.444 e. The average molecular weight is 831 g/mol. The Morgan fingerprint density at radius 3 is 2.31 bits per heavy atom. The van der Waals surface area contributed by atoms with Gasteiger partial charge in [0.05, 0.1) is 24.7 Å². The van der Waals surface area contributed by atoms with Crippen molar-refractivity contribution in [2.75, 3.05) is 18.4 Å². The number of quaternary nitrogens is 1. The summed E-state index contributed by atoms with van der Waals surface area (Å²) >= 11 is 6.76. The van der Waals surface area contributed by atoms with Gasteiger partial charge in [-0.2, -0.15) is 0 Å². The summed E-state index contributed by atoms with van der Waals surface area (Å²) in [5.74, 6) is 0.653. The van der Waals surface area contributed by atoms with Gasteiger partial charge in [-0.05, 0) is 137 Å². The molecule has 36 heavy (non-hydrogen) atoms. The van der Waals surface area contributed by atoms with Crippen molar-refractivity contribution in [3.8, 4) is 5.75 Å². The molecule has 1 unspecified atom stereocenters. The number of anilines is 1. The van der Waals surface area contributed by atoms with Gasteiger partial charge >= 0.3 is 12.1 Å². The molecule has 0 spiro atoms. The van der Waals surface area contributed by atoms with Crippen molar-refractivity contribution in [2.24, 2.45) is 5.92 Å². The summed E-state index contributed by atoms with van der Waals surface area (Å²) in [7, 11) is 0. The number of halogens is 3. The zero-order valence-corrected chi connectivity index (χ0v) is 27.6. The van der Waals surface area contributed by atoms with E-state index >= 15 is 0 Å². The molecule has 0 radical (unpaired) electrons. The lowest BCUT2D eigenvalue weighted by Crippen LogP contribution is -2.86. The number of ether oxygens (including phenoxy) is 2. The van der Waals surface area contributed by atoms with E-state index in [0.29, 0.717) is 30.2 Å². The van der Waals surface area contributed by atoms with Crippen molar-refractivity contribution >= 4 is 85.5 Å². The van der Waals surface area contributed by atoms with Crippen LogP contribution in [0.3, 0.4) is 0 Å². The topological polar surface area (TPSA) is 81.2 Å². The summed E-state index contributed by atoms with van der Waals surface area (Å²) in [4.78, 5) is 25.5. The van der Waals surface area contributed by atoms with Crippen molar-refractivity contribution < 1.29 is 24.4 Å². The van der Waals surface area contributed by atoms with E-state index in [4.69, 9.17) is 9.47 Å². The van der Waals surface area contributed by atoms with E-state index in [1.807, 2.05) is 45.9 Å². The Labute approximate surface area is 254 Å². The molecule has 196 valence electrons. The fraction of sp³-hybridized carbons (Fsp3) is 0.481. The summed E-state index contributed by atoms with van der Waals surface area (Å²) in [5, 5.41) is 5.26. The predicted octanol–water partition coefficient (Wildman–Crippen LogP) is 6.46. The number of carbonyl (C=O) groups is 2. The van der Waals surface area contributed by atoms with Gasteiger partial charge in [-0.1, -0.05) is 19.1 Å². The second-order valence-electron chi connectivity index (χ2n) is 10.1. The lowest BCUT2D eigenvalue weighted by atomic mass is 9.90. The van der Waals surface area contributed by atoms with E-state index in [1.165, 1.54) is 31.5 Å². The zero-order valence-electron chi connectivity index (χ0n) is 21.1. The number of carbonyl (C=O) groups excluding carboxylic acids is 2. The van der Waals surface area contributed by atoms with Gasteiger partial charge in [0, 0.05) is 23.6 Å². The first-order valence-electron chi connectivity index (χ1n) is 12.3. The number of esters is 1. The molecular weight excluding hydrogens is 797 g/mol. The van der Waals surface area contributed by atoms with Crippen molar-refractivity contribution in [3.05, 3.63) is 52.2 Å². The van der Waals surface area contributed by atoms with Crippen molar-refractivity contribution in [3.63, 3.8) is 0 Å². The summed E-state index contributed by atoms with van der Waals surface area (Å²) in [6.45, 7) is 9.85. The normalized spacial score (nSPS) is 15.3. The predicted molar refractivity (Wildman–Crippen MR) is 168 cm³/mol. The number of benzene rings is 2. The molecule has 3 rings (SSSR count). The van der Waals surface area contributed by atoms with E-state index < -0.39 is 11.7 Å². The maximum absolute atomic E-state index is 13.1. The second-order valence-corrected chi connectivity index (χ2v) is 13.5. The van der Waals surface area contributed by atoms with Crippen molar-refractivity contribution in [2.45, 2.75) is 64.9 Å². The van der Waals surface area contributed by atoms with Gasteiger partial charge in [0.15, 0.2) is 0 Å². The van der Waals surface area contributed by atoms with E-state index in [0.717, 1.165) is 16.3 Å². The Balaban J connectivity index is 1.72. The number of hydrogen-bond acceptors (Lipinski definition) is 4.